The second-order valence-corrected chi connectivity index (χ2v) is 9.61. The molecule has 3 aromatic rings. The number of amides is 1. The van der Waals surface area contributed by atoms with Crippen molar-refractivity contribution in [3.8, 4) is 5.69 Å². The Morgan fingerprint density at radius 2 is 1.81 bits per heavy atom. The first-order valence-corrected chi connectivity index (χ1v) is 12.0. The van der Waals surface area contributed by atoms with Crippen molar-refractivity contribution in [2.45, 2.75) is 38.5 Å². The summed E-state index contributed by atoms with van der Waals surface area (Å²) < 4.78 is 29.9. The molecule has 0 fully saturated rings. The van der Waals surface area contributed by atoms with E-state index in [4.69, 9.17) is 0 Å². The minimum Gasteiger partial charge on any atom is -0.322 e. The van der Waals surface area contributed by atoms with Crippen molar-refractivity contribution in [3.05, 3.63) is 77.1 Å². The highest BCUT2D eigenvalue weighted by atomic mass is 32.2. The monoisotopic (exact) mass is 450 g/mol. The number of carbonyl (C=O) groups is 1. The molecular weight excluding hydrogens is 424 g/mol. The van der Waals surface area contributed by atoms with Crippen LogP contribution in [-0.2, 0) is 10.0 Å². The number of carbonyl (C=O) groups excluding carboxylic acids is 1. The molecular formula is C24H26N4O3S. The number of aliphatic imine (C=N–C) groups is 1. The summed E-state index contributed by atoms with van der Waals surface area (Å²) in [5, 5.41) is 2.84. The molecule has 7 nitrogen and oxygen atoms in total. The molecule has 0 saturated heterocycles. The van der Waals surface area contributed by atoms with Gasteiger partial charge in [0, 0.05) is 35.7 Å². The lowest BCUT2D eigenvalue weighted by atomic mass is 10.2. The second kappa shape index (κ2) is 8.63. The minimum atomic E-state index is -3.75. The van der Waals surface area contributed by atoms with E-state index in [-0.39, 0.29) is 10.8 Å². The molecule has 1 aliphatic heterocycles. The van der Waals surface area contributed by atoms with Crippen LogP contribution in [0, 0.1) is 20.8 Å². The molecule has 0 aliphatic carbocycles. The Kier molecular flexibility index (Phi) is 5.88. The normalized spacial score (nSPS) is 13.7. The van der Waals surface area contributed by atoms with Crippen molar-refractivity contribution in [1.82, 2.24) is 9.29 Å². The van der Waals surface area contributed by atoms with E-state index in [1.165, 1.54) is 12.1 Å². The average molecular weight is 451 g/mol. The molecule has 0 radical (unpaired) electrons. The summed E-state index contributed by atoms with van der Waals surface area (Å²) >= 11 is 0. The minimum absolute atomic E-state index is 0.0790. The van der Waals surface area contributed by atoms with Crippen LogP contribution in [0.25, 0.3) is 5.69 Å². The van der Waals surface area contributed by atoms with Gasteiger partial charge in [0.2, 0.25) is 0 Å². The maximum Gasteiger partial charge on any atom is 0.262 e. The zero-order valence-corrected chi connectivity index (χ0v) is 19.2. The maximum atomic E-state index is 13.0. The first-order chi connectivity index (χ1) is 15.3. The number of aromatic nitrogens is 1. The van der Waals surface area contributed by atoms with E-state index in [0.717, 1.165) is 29.1 Å². The fourth-order valence-electron chi connectivity index (χ4n) is 3.95. The quantitative estimate of drug-likeness (QED) is 0.612. The van der Waals surface area contributed by atoms with Gasteiger partial charge in [-0.05, 0) is 63.1 Å². The van der Waals surface area contributed by atoms with Gasteiger partial charge in [0.05, 0.1) is 10.5 Å². The summed E-state index contributed by atoms with van der Waals surface area (Å²) in [5.74, 6) is 0.184. The van der Waals surface area contributed by atoms with Gasteiger partial charge in [-0.1, -0.05) is 24.3 Å². The molecule has 4 rings (SSSR count). The average Bonchev–Trinajstić information content (AvgIpc) is 3.36. The van der Waals surface area contributed by atoms with Gasteiger partial charge >= 0.3 is 0 Å². The number of benzene rings is 2. The third kappa shape index (κ3) is 4.31. The van der Waals surface area contributed by atoms with Gasteiger partial charge in [-0.25, -0.2) is 8.42 Å². The molecule has 2 aromatic carbocycles. The van der Waals surface area contributed by atoms with Gasteiger partial charge in [0.15, 0.2) is 0 Å². The van der Waals surface area contributed by atoms with Crippen LogP contribution < -0.4 is 10.0 Å². The molecule has 0 bridgehead atoms. The highest BCUT2D eigenvalue weighted by molar-refractivity contribution is 7.90. The smallest absolute Gasteiger partial charge is 0.262 e. The molecule has 0 unspecified atom stereocenters. The molecule has 1 amide bonds. The van der Waals surface area contributed by atoms with E-state index in [1.807, 2.05) is 51.1 Å². The predicted molar refractivity (Wildman–Crippen MR) is 126 cm³/mol. The number of aryl methyl sites for hydroxylation is 2. The number of hydrogen-bond acceptors (Lipinski definition) is 4. The Bertz CT molecular complexity index is 1320. The number of nitrogens with one attached hydrogen (secondary N) is 2. The highest BCUT2D eigenvalue weighted by Crippen LogP contribution is 2.24. The van der Waals surface area contributed by atoms with Crippen molar-refractivity contribution < 1.29 is 13.2 Å². The van der Waals surface area contributed by atoms with Crippen molar-refractivity contribution in [2.24, 2.45) is 4.99 Å². The lowest BCUT2D eigenvalue weighted by molar-refractivity contribution is 0.102. The Morgan fingerprint density at radius 1 is 1.03 bits per heavy atom. The van der Waals surface area contributed by atoms with Crippen LogP contribution in [0.2, 0.25) is 0 Å². The van der Waals surface area contributed by atoms with Crippen LogP contribution in [0.1, 0.15) is 40.2 Å². The molecule has 166 valence electrons. The summed E-state index contributed by atoms with van der Waals surface area (Å²) in [6.07, 6.45) is 1.46. The van der Waals surface area contributed by atoms with E-state index < -0.39 is 10.0 Å². The van der Waals surface area contributed by atoms with Gasteiger partial charge in [0.25, 0.3) is 15.9 Å². The van der Waals surface area contributed by atoms with Crippen molar-refractivity contribution in [3.63, 3.8) is 0 Å². The number of anilines is 1. The number of para-hydroxylation sites is 1. The van der Waals surface area contributed by atoms with E-state index in [0.29, 0.717) is 30.1 Å². The van der Waals surface area contributed by atoms with E-state index in [1.54, 1.807) is 12.1 Å². The third-order valence-electron chi connectivity index (χ3n) is 5.56. The van der Waals surface area contributed by atoms with Gasteiger partial charge < -0.3 is 9.88 Å². The zero-order chi connectivity index (χ0) is 22.9. The van der Waals surface area contributed by atoms with Crippen LogP contribution in [0.15, 0.2) is 64.5 Å². The number of sulfonamides is 1. The van der Waals surface area contributed by atoms with Gasteiger partial charge in [-0.2, -0.15) is 0 Å². The summed E-state index contributed by atoms with van der Waals surface area (Å²) in [6.45, 7) is 6.53. The van der Waals surface area contributed by atoms with E-state index in [9.17, 15) is 13.2 Å². The van der Waals surface area contributed by atoms with E-state index in [2.05, 4.69) is 19.6 Å². The summed E-state index contributed by atoms with van der Waals surface area (Å²) in [6, 6.07) is 16.1. The fraction of sp³-hybridized carbons (Fsp3) is 0.250. The highest BCUT2D eigenvalue weighted by Gasteiger charge is 2.20. The molecule has 2 heterocycles. The first-order valence-electron chi connectivity index (χ1n) is 10.5. The molecule has 2 N–H and O–H groups in total. The lowest BCUT2D eigenvalue weighted by Gasteiger charge is -2.13. The molecule has 32 heavy (non-hydrogen) atoms. The summed E-state index contributed by atoms with van der Waals surface area (Å²) in [5.41, 5.74) is 4.84. The standard InChI is InChI=1S/C24H26N4O3S/c1-16-8-4-5-11-22(16)28-17(2)14-21(18(28)3)24(29)26-19-9-6-10-20(15-19)32(30,31)27-23-12-7-13-25-23/h4-6,8-11,14-15H,7,12-13H2,1-3H3,(H,25,27)(H,26,29). The van der Waals surface area contributed by atoms with Crippen LogP contribution in [0.5, 0.6) is 0 Å². The molecule has 1 aliphatic rings. The maximum absolute atomic E-state index is 13.0. The van der Waals surface area contributed by atoms with Crippen LogP contribution in [0.3, 0.4) is 0 Å². The predicted octanol–water partition coefficient (Wildman–Crippen LogP) is 4.13. The number of nitrogens with zero attached hydrogens (tertiary/aromatic N) is 2. The summed E-state index contributed by atoms with van der Waals surface area (Å²) in [4.78, 5) is 17.3. The van der Waals surface area contributed by atoms with Gasteiger partial charge in [0.1, 0.15) is 5.84 Å². The Hall–Kier alpha value is -3.39. The molecule has 0 spiro atoms. The van der Waals surface area contributed by atoms with Crippen molar-refractivity contribution in [1.29, 1.82) is 0 Å². The molecule has 8 heteroatoms. The van der Waals surface area contributed by atoms with Crippen LogP contribution in [0.4, 0.5) is 5.69 Å². The number of amidine groups is 1. The largest absolute Gasteiger partial charge is 0.322 e. The first kappa shape index (κ1) is 21.8. The molecule has 0 saturated carbocycles. The van der Waals surface area contributed by atoms with Gasteiger partial charge in [-0.15, -0.1) is 0 Å². The zero-order valence-electron chi connectivity index (χ0n) is 18.3. The lowest BCUT2D eigenvalue weighted by Crippen LogP contribution is -2.29. The third-order valence-corrected chi connectivity index (χ3v) is 6.94. The van der Waals surface area contributed by atoms with Crippen molar-refractivity contribution >= 4 is 27.5 Å². The SMILES string of the molecule is Cc1ccccc1-n1c(C)cc(C(=O)Nc2cccc(S(=O)(=O)NC3=NCCC3)c2)c1C. The second-order valence-electron chi connectivity index (χ2n) is 7.93. The molecule has 0 atom stereocenters. The number of hydrogen-bond donors (Lipinski definition) is 2. The summed E-state index contributed by atoms with van der Waals surface area (Å²) in [7, 11) is -3.75. The Labute approximate surface area is 188 Å². The molecule has 1 aromatic heterocycles. The van der Waals surface area contributed by atoms with Gasteiger partial charge in [-0.3, -0.25) is 14.5 Å². The topological polar surface area (TPSA) is 92.6 Å². The van der Waals surface area contributed by atoms with Crippen LogP contribution in [-0.4, -0.2) is 31.3 Å². The Balaban J connectivity index is 1.58. The van der Waals surface area contributed by atoms with Crippen molar-refractivity contribution in [2.75, 3.05) is 11.9 Å². The Morgan fingerprint density at radius 3 is 2.53 bits per heavy atom. The fourth-order valence-corrected chi connectivity index (χ4v) is 5.09. The van der Waals surface area contributed by atoms with E-state index >= 15 is 0 Å². The number of rotatable bonds is 5. The van der Waals surface area contributed by atoms with Crippen LogP contribution >= 0.6 is 0 Å².